The molecule has 0 atom stereocenters. The summed E-state index contributed by atoms with van der Waals surface area (Å²) in [4.78, 5) is 9.91. The van der Waals surface area contributed by atoms with E-state index in [0.29, 0.717) is 5.65 Å². The van der Waals surface area contributed by atoms with Crippen LogP contribution in [0, 0.1) is 0 Å². The Bertz CT molecular complexity index is 633. The summed E-state index contributed by atoms with van der Waals surface area (Å²) in [5, 5.41) is 2.08. The second-order valence-corrected chi connectivity index (χ2v) is 5.61. The largest absolute Gasteiger partial charge is 0.439 e. The first-order valence-electron chi connectivity index (χ1n) is 5.24. The molecule has 0 spiro atoms. The minimum Gasteiger partial charge on any atom is -0.439 e. The van der Waals surface area contributed by atoms with Crippen molar-refractivity contribution >= 4 is 38.5 Å². The topological polar surface area (TPSA) is 38.9 Å². The molecule has 3 heterocycles. The SMILES string of the molecule is Brc1cnc2nc(CCc3cccs3)oc2c1. The van der Waals surface area contributed by atoms with Crippen molar-refractivity contribution in [2.45, 2.75) is 12.8 Å². The highest BCUT2D eigenvalue weighted by molar-refractivity contribution is 9.10. The van der Waals surface area contributed by atoms with Crippen molar-refractivity contribution in [3.05, 3.63) is 45.0 Å². The van der Waals surface area contributed by atoms with E-state index in [-0.39, 0.29) is 0 Å². The summed E-state index contributed by atoms with van der Waals surface area (Å²) in [6, 6.07) is 6.08. The summed E-state index contributed by atoms with van der Waals surface area (Å²) in [7, 11) is 0. The third-order valence-electron chi connectivity index (χ3n) is 2.42. The highest BCUT2D eigenvalue weighted by atomic mass is 79.9. The molecule has 3 aromatic rings. The molecule has 0 N–H and O–H groups in total. The summed E-state index contributed by atoms with van der Waals surface area (Å²) < 4.78 is 6.56. The maximum atomic E-state index is 5.65. The number of nitrogens with zero attached hydrogens (tertiary/aromatic N) is 2. The fraction of sp³-hybridized carbons (Fsp3) is 0.167. The molecule has 17 heavy (non-hydrogen) atoms. The molecule has 0 aliphatic rings. The van der Waals surface area contributed by atoms with Crippen molar-refractivity contribution in [1.82, 2.24) is 9.97 Å². The van der Waals surface area contributed by atoms with Crippen molar-refractivity contribution in [3.63, 3.8) is 0 Å². The Balaban J connectivity index is 1.81. The van der Waals surface area contributed by atoms with Gasteiger partial charge in [-0.15, -0.1) is 11.3 Å². The van der Waals surface area contributed by atoms with Crippen molar-refractivity contribution in [3.8, 4) is 0 Å². The fourth-order valence-electron chi connectivity index (χ4n) is 1.63. The highest BCUT2D eigenvalue weighted by Crippen LogP contribution is 2.19. The zero-order chi connectivity index (χ0) is 11.7. The van der Waals surface area contributed by atoms with Gasteiger partial charge in [0, 0.05) is 28.0 Å². The van der Waals surface area contributed by atoms with Crippen molar-refractivity contribution in [1.29, 1.82) is 0 Å². The van der Waals surface area contributed by atoms with Crippen LogP contribution in [0.2, 0.25) is 0 Å². The molecule has 3 rings (SSSR count). The van der Waals surface area contributed by atoms with Gasteiger partial charge < -0.3 is 4.42 Å². The van der Waals surface area contributed by atoms with Crippen LogP contribution in [0.25, 0.3) is 11.2 Å². The average Bonchev–Trinajstić information content (AvgIpc) is 2.94. The summed E-state index contributed by atoms with van der Waals surface area (Å²) in [5.41, 5.74) is 1.41. The summed E-state index contributed by atoms with van der Waals surface area (Å²) in [6.45, 7) is 0. The molecule has 0 aromatic carbocycles. The molecule has 0 saturated heterocycles. The molecular weight excluding hydrogens is 300 g/mol. The van der Waals surface area contributed by atoms with Gasteiger partial charge in [0.1, 0.15) is 0 Å². The Labute approximate surface area is 111 Å². The van der Waals surface area contributed by atoms with Crippen LogP contribution < -0.4 is 0 Å². The lowest BCUT2D eigenvalue weighted by Gasteiger charge is -1.91. The molecule has 0 aliphatic carbocycles. The number of thiophene rings is 1. The van der Waals surface area contributed by atoms with Gasteiger partial charge in [0.15, 0.2) is 17.1 Å². The van der Waals surface area contributed by atoms with Gasteiger partial charge in [-0.25, -0.2) is 4.98 Å². The highest BCUT2D eigenvalue weighted by Gasteiger charge is 2.07. The van der Waals surface area contributed by atoms with E-state index in [9.17, 15) is 0 Å². The number of aromatic nitrogens is 2. The first kappa shape index (κ1) is 10.9. The lowest BCUT2D eigenvalue weighted by Crippen LogP contribution is -1.88. The Morgan fingerprint density at radius 2 is 2.29 bits per heavy atom. The van der Waals surface area contributed by atoms with Gasteiger partial charge in [-0.05, 0) is 33.8 Å². The van der Waals surface area contributed by atoms with Crippen LogP contribution in [0.3, 0.4) is 0 Å². The van der Waals surface area contributed by atoms with Crippen LogP contribution in [-0.2, 0) is 12.8 Å². The van der Waals surface area contributed by atoms with Crippen LogP contribution >= 0.6 is 27.3 Å². The van der Waals surface area contributed by atoms with Crippen LogP contribution in [0.5, 0.6) is 0 Å². The van der Waals surface area contributed by atoms with Crippen molar-refractivity contribution in [2.75, 3.05) is 0 Å². The number of halogens is 1. The molecule has 0 amide bonds. The number of rotatable bonds is 3. The molecular formula is C12H9BrN2OS. The second kappa shape index (κ2) is 4.58. The lowest BCUT2D eigenvalue weighted by molar-refractivity contribution is 0.529. The van der Waals surface area contributed by atoms with E-state index in [0.717, 1.165) is 28.8 Å². The molecule has 3 aromatic heterocycles. The summed E-state index contributed by atoms with van der Waals surface area (Å²) in [6.07, 6.45) is 3.51. The zero-order valence-corrected chi connectivity index (χ0v) is 11.3. The number of hydrogen-bond donors (Lipinski definition) is 0. The number of hydrogen-bond acceptors (Lipinski definition) is 4. The zero-order valence-electron chi connectivity index (χ0n) is 8.89. The van der Waals surface area contributed by atoms with E-state index in [2.05, 4.69) is 43.4 Å². The molecule has 3 nitrogen and oxygen atoms in total. The second-order valence-electron chi connectivity index (χ2n) is 3.66. The van der Waals surface area contributed by atoms with Crippen LogP contribution in [-0.4, -0.2) is 9.97 Å². The van der Waals surface area contributed by atoms with Gasteiger partial charge in [0.25, 0.3) is 0 Å². The molecule has 86 valence electrons. The average molecular weight is 309 g/mol. The Kier molecular flexibility index (Phi) is 2.94. The van der Waals surface area contributed by atoms with Crippen molar-refractivity contribution in [2.24, 2.45) is 0 Å². The third-order valence-corrected chi connectivity index (χ3v) is 3.79. The minimum absolute atomic E-state index is 0.675. The van der Waals surface area contributed by atoms with E-state index < -0.39 is 0 Å². The van der Waals surface area contributed by atoms with Gasteiger partial charge in [-0.2, -0.15) is 4.98 Å². The summed E-state index contributed by atoms with van der Waals surface area (Å²) in [5.74, 6) is 0.749. The molecule has 5 heteroatoms. The van der Waals surface area contributed by atoms with Gasteiger partial charge in [-0.1, -0.05) is 6.07 Å². The van der Waals surface area contributed by atoms with Crippen LogP contribution in [0.15, 0.2) is 38.7 Å². The van der Waals surface area contributed by atoms with Crippen LogP contribution in [0.4, 0.5) is 0 Å². The number of pyridine rings is 1. The van der Waals surface area contributed by atoms with E-state index in [1.54, 1.807) is 17.5 Å². The van der Waals surface area contributed by atoms with Gasteiger partial charge >= 0.3 is 0 Å². The molecule has 0 aliphatic heterocycles. The maximum absolute atomic E-state index is 5.65. The number of oxazole rings is 1. The minimum atomic E-state index is 0.675. The fourth-order valence-corrected chi connectivity index (χ4v) is 2.65. The van der Waals surface area contributed by atoms with Gasteiger partial charge in [-0.3, -0.25) is 0 Å². The van der Waals surface area contributed by atoms with E-state index in [4.69, 9.17) is 4.42 Å². The lowest BCUT2D eigenvalue weighted by atomic mass is 10.3. The van der Waals surface area contributed by atoms with E-state index in [1.165, 1.54) is 4.88 Å². The van der Waals surface area contributed by atoms with Gasteiger partial charge in [0.2, 0.25) is 0 Å². The Morgan fingerprint density at radius 1 is 1.35 bits per heavy atom. The van der Waals surface area contributed by atoms with E-state index >= 15 is 0 Å². The summed E-state index contributed by atoms with van der Waals surface area (Å²) >= 11 is 5.12. The molecule has 0 radical (unpaired) electrons. The molecule has 0 saturated carbocycles. The standard InChI is InChI=1S/C12H9BrN2OS/c13-8-6-10-12(14-7-8)15-11(16-10)4-3-9-2-1-5-17-9/h1-2,5-7H,3-4H2. The molecule has 0 unspecified atom stereocenters. The number of aryl methyl sites for hydroxylation is 2. The smallest absolute Gasteiger partial charge is 0.198 e. The molecule has 0 fully saturated rings. The monoisotopic (exact) mass is 308 g/mol. The Morgan fingerprint density at radius 3 is 3.12 bits per heavy atom. The molecule has 0 bridgehead atoms. The maximum Gasteiger partial charge on any atom is 0.198 e. The first-order valence-corrected chi connectivity index (χ1v) is 6.92. The van der Waals surface area contributed by atoms with Crippen molar-refractivity contribution < 1.29 is 4.42 Å². The van der Waals surface area contributed by atoms with Gasteiger partial charge in [0.05, 0.1) is 0 Å². The third kappa shape index (κ3) is 2.40. The van der Waals surface area contributed by atoms with E-state index in [1.807, 2.05) is 6.07 Å². The normalized spacial score (nSPS) is 11.1. The number of fused-ring (bicyclic) bond motifs is 1. The predicted molar refractivity (Wildman–Crippen MR) is 71.2 cm³/mol. The Hall–Kier alpha value is -1.20. The predicted octanol–water partition coefficient (Wildman–Crippen LogP) is 3.83. The first-order chi connectivity index (χ1) is 8.31. The quantitative estimate of drug-likeness (QED) is 0.738. The van der Waals surface area contributed by atoms with Crippen LogP contribution in [0.1, 0.15) is 10.8 Å².